The van der Waals surface area contributed by atoms with Crippen molar-refractivity contribution < 1.29 is 14.6 Å². The first kappa shape index (κ1) is 19.0. The van der Waals surface area contributed by atoms with Crippen molar-refractivity contribution in [1.29, 1.82) is 0 Å². The van der Waals surface area contributed by atoms with E-state index in [0.717, 1.165) is 21.9 Å². The van der Waals surface area contributed by atoms with Gasteiger partial charge in [0.1, 0.15) is 11.9 Å². The first-order chi connectivity index (χ1) is 12.5. The number of nitrogens with zero attached hydrogens (tertiary/aromatic N) is 1. The Bertz CT molecular complexity index is 785. The molecule has 2 N–H and O–H groups in total. The molecule has 7 heteroatoms. The van der Waals surface area contributed by atoms with Gasteiger partial charge in [-0.15, -0.1) is 11.8 Å². The van der Waals surface area contributed by atoms with Crippen molar-refractivity contribution in [1.82, 2.24) is 5.32 Å². The van der Waals surface area contributed by atoms with E-state index in [4.69, 9.17) is 16.3 Å². The molecule has 0 radical (unpaired) electrons. The fourth-order valence-corrected chi connectivity index (χ4v) is 4.46. The summed E-state index contributed by atoms with van der Waals surface area (Å²) in [4.78, 5) is 15.5. The van der Waals surface area contributed by atoms with Crippen LogP contribution in [0.1, 0.15) is 10.8 Å². The van der Waals surface area contributed by atoms with Gasteiger partial charge < -0.3 is 20.1 Å². The van der Waals surface area contributed by atoms with Gasteiger partial charge in [0.15, 0.2) is 0 Å². The third kappa shape index (κ3) is 3.83. The lowest BCUT2D eigenvalue weighted by atomic mass is 10.1. The Morgan fingerprint density at radius 3 is 2.65 bits per heavy atom. The number of benzene rings is 2. The number of rotatable bonds is 5. The van der Waals surface area contributed by atoms with Crippen LogP contribution in [0.5, 0.6) is 5.75 Å². The molecule has 5 nitrogen and oxygen atoms in total. The number of carbonyl (C=O) groups is 1. The lowest BCUT2D eigenvalue weighted by molar-refractivity contribution is -0.126. The minimum absolute atomic E-state index is 0.311. The van der Waals surface area contributed by atoms with Gasteiger partial charge in [-0.1, -0.05) is 23.7 Å². The number of methoxy groups -OCH3 is 1. The Hall–Kier alpha value is -1.73. The van der Waals surface area contributed by atoms with Crippen LogP contribution < -0.4 is 15.0 Å². The van der Waals surface area contributed by atoms with E-state index in [2.05, 4.69) is 5.32 Å². The van der Waals surface area contributed by atoms with E-state index < -0.39 is 11.4 Å². The molecule has 1 aliphatic heterocycles. The number of aliphatic hydroxyl groups is 1. The van der Waals surface area contributed by atoms with Gasteiger partial charge in [0, 0.05) is 23.0 Å². The Morgan fingerprint density at radius 2 is 2.00 bits per heavy atom. The lowest BCUT2D eigenvalue weighted by Gasteiger charge is -2.25. The highest BCUT2D eigenvalue weighted by Crippen LogP contribution is 2.46. The second kappa shape index (κ2) is 8.31. The van der Waals surface area contributed by atoms with Crippen molar-refractivity contribution in [2.75, 3.05) is 32.1 Å². The summed E-state index contributed by atoms with van der Waals surface area (Å²) in [5.74, 6) is 0.418. The average molecular weight is 393 g/mol. The van der Waals surface area contributed by atoms with Gasteiger partial charge in [-0.05, 0) is 42.9 Å². The molecule has 2 aromatic carbocycles. The van der Waals surface area contributed by atoms with Crippen molar-refractivity contribution in [3.8, 4) is 5.75 Å². The minimum Gasteiger partial charge on any atom is -0.497 e. The molecule has 26 heavy (non-hydrogen) atoms. The first-order valence-corrected chi connectivity index (χ1v) is 9.55. The van der Waals surface area contributed by atoms with Gasteiger partial charge in [-0.2, -0.15) is 0 Å². The van der Waals surface area contributed by atoms with E-state index in [1.54, 1.807) is 18.1 Å². The highest BCUT2D eigenvalue weighted by atomic mass is 35.5. The van der Waals surface area contributed by atoms with Crippen LogP contribution in [0.25, 0.3) is 0 Å². The molecule has 0 aromatic heterocycles. The van der Waals surface area contributed by atoms with Crippen LogP contribution in [0.15, 0.2) is 47.4 Å². The summed E-state index contributed by atoms with van der Waals surface area (Å²) in [6.07, 6.45) is -1.16. The van der Waals surface area contributed by atoms with E-state index in [0.29, 0.717) is 18.1 Å². The lowest BCUT2D eigenvalue weighted by Crippen LogP contribution is -2.43. The molecule has 1 amide bonds. The number of aliphatic hydroxyl groups excluding tert-OH is 1. The maximum absolute atomic E-state index is 13.0. The molecule has 0 bridgehead atoms. The number of halogens is 1. The number of anilines is 1. The molecular weight excluding hydrogens is 372 g/mol. The van der Waals surface area contributed by atoms with Crippen molar-refractivity contribution in [2.24, 2.45) is 0 Å². The molecule has 0 unspecified atom stereocenters. The zero-order valence-electron chi connectivity index (χ0n) is 14.6. The third-order valence-corrected chi connectivity index (χ3v) is 5.90. The average Bonchev–Trinajstić information content (AvgIpc) is 2.76. The smallest absolute Gasteiger partial charge is 0.257 e. The zero-order valence-corrected chi connectivity index (χ0v) is 16.2. The second-order valence-electron chi connectivity index (χ2n) is 5.96. The number of ether oxygens (including phenoxy) is 1. The molecule has 0 saturated heterocycles. The van der Waals surface area contributed by atoms with Gasteiger partial charge in [0.2, 0.25) is 0 Å². The van der Waals surface area contributed by atoms with E-state index in [1.807, 2.05) is 43.4 Å². The Balaban J connectivity index is 2.02. The summed E-state index contributed by atoms with van der Waals surface area (Å²) in [5, 5.41) is 14.0. The normalized spacial score (nSPS) is 19.8. The van der Waals surface area contributed by atoms with Crippen molar-refractivity contribution in [2.45, 2.75) is 16.2 Å². The molecule has 0 spiro atoms. The van der Waals surface area contributed by atoms with Gasteiger partial charge in [0.25, 0.3) is 5.91 Å². The number of hydrogen-bond donors (Lipinski definition) is 2. The summed E-state index contributed by atoms with van der Waals surface area (Å²) < 4.78 is 5.19. The van der Waals surface area contributed by atoms with Crippen LogP contribution in [0.2, 0.25) is 5.02 Å². The minimum atomic E-state index is -1.16. The first-order valence-electron chi connectivity index (χ1n) is 8.29. The number of thioether (sulfide) groups is 1. The predicted molar refractivity (Wildman–Crippen MR) is 105 cm³/mol. The molecule has 1 heterocycles. The molecule has 0 saturated carbocycles. The second-order valence-corrected chi connectivity index (χ2v) is 7.58. The number of likely N-dealkylation sites (N-methyl/N-ethyl adjacent to an activating group) is 1. The quantitative estimate of drug-likeness (QED) is 0.818. The van der Waals surface area contributed by atoms with Gasteiger partial charge in [-0.3, -0.25) is 4.79 Å². The zero-order chi connectivity index (χ0) is 18.7. The van der Waals surface area contributed by atoms with Crippen molar-refractivity contribution in [3.05, 3.63) is 53.1 Å². The third-order valence-electron chi connectivity index (χ3n) is 4.30. The molecule has 2 atom stereocenters. The Morgan fingerprint density at radius 1 is 1.27 bits per heavy atom. The highest BCUT2D eigenvalue weighted by molar-refractivity contribution is 7.99. The SMILES string of the molecule is CNCCN1C(=O)[C@@H](O)[C@@H](c2ccc(OC)cc2)Sc2cc(Cl)ccc21. The molecule has 2 aromatic rings. The maximum Gasteiger partial charge on any atom is 0.257 e. The largest absolute Gasteiger partial charge is 0.497 e. The molecule has 0 aliphatic carbocycles. The fraction of sp³-hybridized carbons (Fsp3) is 0.316. The summed E-state index contributed by atoms with van der Waals surface area (Å²) in [6.45, 7) is 1.09. The summed E-state index contributed by atoms with van der Waals surface area (Å²) in [5.41, 5.74) is 1.63. The van der Waals surface area contributed by atoms with Crippen LogP contribution in [-0.2, 0) is 4.79 Å². The number of carbonyl (C=O) groups excluding carboxylic acids is 1. The van der Waals surface area contributed by atoms with Gasteiger partial charge >= 0.3 is 0 Å². The molecular formula is C19H21ClN2O3S. The summed E-state index contributed by atoms with van der Waals surface area (Å²) in [7, 11) is 3.43. The molecule has 1 aliphatic rings. The van der Waals surface area contributed by atoms with E-state index in [1.165, 1.54) is 11.8 Å². The topological polar surface area (TPSA) is 61.8 Å². The molecule has 3 rings (SSSR count). The number of hydrogen-bond acceptors (Lipinski definition) is 5. The van der Waals surface area contributed by atoms with E-state index in [9.17, 15) is 9.90 Å². The predicted octanol–water partition coefficient (Wildman–Crippen LogP) is 3.11. The molecule has 138 valence electrons. The van der Waals surface area contributed by atoms with Gasteiger partial charge in [0.05, 0.1) is 18.0 Å². The van der Waals surface area contributed by atoms with Gasteiger partial charge in [-0.25, -0.2) is 0 Å². The van der Waals surface area contributed by atoms with Crippen LogP contribution in [0, 0.1) is 0 Å². The molecule has 0 fully saturated rings. The van der Waals surface area contributed by atoms with E-state index >= 15 is 0 Å². The van der Waals surface area contributed by atoms with E-state index in [-0.39, 0.29) is 5.91 Å². The van der Waals surface area contributed by atoms with Crippen LogP contribution >= 0.6 is 23.4 Å². The van der Waals surface area contributed by atoms with Crippen molar-refractivity contribution >= 4 is 35.0 Å². The standard InChI is InChI=1S/C19H21ClN2O3S/c1-21-9-10-22-15-8-5-13(20)11-16(15)26-18(17(23)19(22)24)12-3-6-14(25-2)7-4-12/h3-8,11,17-18,21,23H,9-10H2,1-2H3/t17-,18+/m0/s1. The highest BCUT2D eigenvalue weighted by Gasteiger charge is 2.37. The fourth-order valence-electron chi connectivity index (χ4n) is 2.91. The monoisotopic (exact) mass is 392 g/mol. The Labute approximate surface area is 162 Å². The van der Waals surface area contributed by atoms with Crippen LogP contribution in [-0.4, -0.2) is 44.4 Å². The summed E-state index contributed by atoms with van der Waals surface area (Å²) in [6, 6.07) is 12.9. The Kier molecular flexibility index (Phi) is 6.09. The maximum atomic E-state index is 13.0. The number of amides is 1. The van der Waals surface area contributed by atoms with Crippen molar-refractivity contribution in [3.63, 3.8) is 0 Å². The van der Waals surface area contributed by atoms with Crippen LogP contribution in [0.4, 0.5) is 5.69 Å². The summed E-state index contributed by atoms with van der Waals surface area (Å²) >= 11 is 7.63. The number of nitrogens with one attached hydrogen (secondary N) is 1. The number of fused-ring (bicyclic) bond motifs is 1. The van der Waals surface area contributed by atoms with Crippen LogP contribution in [0.3, 0.4) is 0 Å².